The first-order chi connectivity index (χ1) is 3.95. The van der Waals surface area contributed by atoms with Gasteiger partial charge < -0.3 is 0 Å². The van der Waals surface area contributed by atoms with Gasteiger partial charge in [0.25, 0.3) is 0 Å². The second-order valence-corrected chi connectivity index (χ2v) is 5.37. The molecule has 0 nitrogen and oxygen atoms in total. The minimum atomic E-state index is 0.0710. The Morgan fingerprint density at radius 3 is 0.875 bits per heavy atom. The van der Waals surface area contributed by atoms with Crippen LogP contribution in [-0.2, 0) is 0 Å². The van der Waals surface area contributed by atoms with Gasteiger partial charge in [0.15, 0.2) is 0 Å². The van der Waals surface area contributed by atoms with E-state index in [2.05, 4.69) is 34.9 Å². The summed E-state index contributed by atoms with van der Waals surface area (Å²) < 4.78 is 0. The van der Waals surface area contributed by atoms with Crippen LogP contribution in [0.15, 0.2) is 34.9 Å². The van der Waals surface area contributed by atoms with E-state index >= 15 is 0 Å². The Morgan fingerprint density at radius 1 is 0.500 bits per heavy atom. The van der Waals surface area contributed by atoms with Crippen molar-refractivity contribution in [3.8, 4) is 0 Å². The summed E-state index contributed by atoms with van der Waals surface area (Å²) in [6.45, 7) is 0. The van der Waals surface area contributed by atoms with Crippen LogP contribution in [0.3, 0.4) is 0 Å². The Hall–Kier alpha value is 0.0800. The molecule has 8 heavy (non-hydrogen) atoms. The molecule has 0 N–H and O–H groups in total. The fourth-order valence-corrected chi connectivity index (χ4v) is 5.05. The van der Waals surface area contributed by atoms with E-state index in [-0.39, 0.29) is 15.8 Å². The van der Waals surface area contributed by atoms with Crippen molar-refractivity contribution < 1.29 is 0 Å². The summed E-state index contributed by atoms with van der Waals surface area (Å²) in [7, 11) is 0.142. The van der Waals surface area contributed by atoms with Gasteiger partial charge in [-0.1, -0.05) is 34.9 Å². The second kappa shape index (κ2) is 1.79. The van der Waals surface area contributed by atoms with Crippen LogP contribution in [0.2, 0.25) is 0 Å². The molecule has 0 atom stereocenters. The Morgan fingerprint density at radius 2 is 0.750 bits per heavy atom. The third-order valence-corrected chi connectivity index (χ3v) is 4.90. The zero-order valence-corrected chi connectivity index (χ0v) is 6.15. The van der Waals surface area contributed by atoms with Gasteiger partial charge >= 0.3 is 0 Å². The highest BCUT2D eigenvalue weighted by Gasteiger charge is 2.08. The maximum Gasteiger partial charge on any atom is -0.0357 e. The molecule has 0 saturated carbocycles. The molecule has 0 aromatic rings. The van der Waals surface area contributed by atoms with Crippen molar-refractivity contribution in [2.45, 2.75) is 0 Å². The average molecular weight is 140 g/mol. The zero-order chi connectivity index (χ0) is 5.40. The lowest BCUT2D eigenvalue weighted by atomic mass is 11.2. The summed E-state index contributed by atoms with van der Waals surface area (Å²) in [6.07, 6.45) is 0. The monoisotopic (exact) mass is 140 g/mol. The fourth-order valence-electron chi connectivity index (χ4n) is 0.760. The molecule has 0 saturated heterocycles. The summed E-state index contributed by atoms with van der Waals surface area (Å²) in [5.74, 6) is 14.0. The van der Waals surface area contributed by atoms with Crippen LogP contribution >= 0.6 is 15.8 Å². The third-order valence-electron chi connectivity index (χ3n) is 1.23. The third kappa shape index (κ3) is 0.690. The van der Waals surface area contributed by atoms with Gasteiger partial charge in [0, 0.05) is 0 Å². The van der Waals surface area contributed by atoms with Crippen molar-refractivity contribution in [2.24, 2.45) is 0 Å². The molecule has 0 spiro atoms. The molecule has 0 radical (unpaired) electrons. The van der Waals surface area contributed by atoms with E-state index in [4.69, 9.17) is 0 Å². The Balaban J connectivity index is 2.39. The van der Waals surface area contributed by atoms with Crippen LogP contribution in [0.25, 0.3) is 0 Å². The standard InChI is InChI=1S/C6H6P2/c1-2-8-5-3-7(1)4-6-8/h1-6H. The highest BCUT2D eigenvalue weighted by molar-refractivity contribution is 7.77. The molecule has 40 valence electrons. The molecule has 3 aliphatic heterocycles. The molecule has 2 heteroatoms. The fraction of sp³-hybridized carbons (Fsp3) is 0. The van der Waals surface area contributed by atoms with Gasteiger partial charge in [-0.25, -0.2) is 0 Å². The number of rotatable bonds is 0. The first kappa shape index (κ1) is 4.91. The van der Waals surface area contributed by atoms with Crippen molar-refractivity contribution in [1.82, 2.24) is 0 Å². The largest absolute Gasteiger partial charge is 0.0516 e. The lowest BCUT2D eigenvalue weighted by Crippen LogP contribution is -1.71. The van der Waals surface area contributed by atoms with E-state index in [1.807, 2.05) is 0 Å². The van der Waals surface area contributed by atoms with Crippen LogP contribution < -0.4 is 0 Å². The lowest BCUT2D eigenvalue weighted by Gasteiger charge is -2.17. The predicted molar refractivity (Wildman–Crippen MR) is 41.3 cm³/mol. The molecule has 3 aliphatic rings. The molecule has 0 fully saturated rings. The van der Waals surface area contributed by atoms with Crippen molar-refractivity contribution in [3.63, 3.8) is 0 Å². The van der Waals surface area contributed by atoms with Crippen molar-refractivity contribution in [1.29, 1.82) is 0 Å². The SMILES string of the molecule is C1=CP2C=CP1C=C2. The maximum atomic E-state index is 2.33. The van der Waals surface area contributed by atoms with Gasteiger partial charge in [-0.05, 0) is 15.8 Å². The van der Waals surface area contributed by atoms with Crippen LogP contribution in [0.4, 0.5) is 0 Å². The second-order valence-electron chi connectivity index (χ2n) is 1.79. The van der Waals surface area contributed by atoms with E-state index in [1.54, 1.807) is 0 Å². The molecular weight excluding hydrogens is 134 g/mol. The average Bonchev–Trinajstić information content (AvgIpc) is 1.92. The van der Waals surface area contributed by atoms with Crippen LogP contribution in [0.1, 0.15) is 0 Å². The molecular formula is C6H6P2. The predicted octanol–water partition coefficient (Wildman–Crippen LogP) is 3.39. The minimum Gasteiger partial charge on any atom is -0.0516 e. The number of hydrogen-bond donors (Lipinski definition) is 0. The molecule has 3 heterocycles. The van der Waals surface area contributed by atoms with E-state index < -0.39 is 0 Å². The molecule has 0 amide bonds. The molecule has 0 aromatic heterocycles. The quantitative estimate of drug-likeness (QED) is 0.452. The van der Waals surface area contributed by atoms with Crippen LogP contribution in [0, 0.1) is 0 Å². The van der Waals surface area contributed by atoms with E-state index in [9.17, 15) is 0 Å². The van der Waals surface area contributed by atoms with Crippen LogP contribution in [-0.4, -0.2) is 0 Å². The number of hydrogen-bond acceptors (Lipinski definition) is 0. The lowest BCUT2D eigenvalue weighted by molar-refractivity contribution is 2.17. The topological polar surface area (TPSA) is 0 Å². The van der Waals surface area contributed by atoms with E-state index in [0.29, 0.717) is 0 Å². The van der Waals surface area contributed by atoms with Gasteiger partial charge in [-0.3, -0.25) is 0 Å². The Bertz CT molecular complexity index is 128. The summed E-state index contributed by atoms with van der Waals surface area (Å²) in [6, 6.07) is 0. The molecule has 0 aromatic carbocycles. The minimum absolute atomic E-state index is 0.0710. The van der Waals surface area contributed by atoms with Crippen LogP contribution in [0.5, 0.6) is 0 Å². The first-order valence-electron chi connectivity index (χ1n) is 2.55. The molecule has 3 rings (SSSR count). The van der Waals surface area contributed by atoms with Gasteiger partial charge in [0.2, 0.25) is 0 Å². The maximum absolute atomic E-state index is 2.33. The van der Waals surface area contributed by atoms with Crippen molar-refractivity contribution >= 4 is 15.8 Å². The Kier molecular flexibility index (Phi) is 1.10. The summed E-state index contributed by atoms with van der Waals surface area (Å²) in [5.41, 5.74) is 0. The summed E-state index contributed by atoms with van der Waals surface area (Å²) in [5, 5.41) is 0. The highest BCUT2D eigenvalue weighted by Crippen LogP contribution is 2.60. The smallest absolute Gasteiger partial charge is 0.0357 e. The van der Waals surface area contributed by atoms with Crippen molar-refractivity contribution in [2.75, 3.05) is 0 Å². The molecule has 0 aliphatic carbocycles. The normalized spacial score (nSPS) is 39.0. The summed E-state index contributed by atoms with van der Waals surface area (Å²) >= 11 is 0. The van der Waals surface area contributed by atoms with Crippen molar-refractivity contribution in [3.05, 3.63) is 34.9 Å². The van der Waals surface area contributed by atoms with Gasteiger partial charge in [0.05, 0.1) is 0 Å². The molecule has 0 unspecified atom stereocenters. The highest BCUT2D eigenvalue weighted by atomic mass is 31.1. The summed E-state index contributed by atoms with van der Waals surface area (Å²) in [4.78, 5) is 0. The first-order valence-corrected chi connectivity index (χ1v) is 5.65. The van der Waals surface area contributed by atoms with E-state index in [0.717, 1.165) is 0 Å². The van der Waals surface area contributed by atoms with Gasteiger partial charge in [-0.2, -0.15) is 0 Å². The van der Waals surface area contributed by atoms with Gasteiger partial charge in [0.1, 0.15) is 0 Å². The van der Waals surface area contributed by atoms with Gasteiger partial charge in [-0.15, -0.1) is 0 Å². The zero-order valence-electron chi connectivity index (χ0n) is 4.36. The Labute approximate surface area is 51.5 Å². The molecule has 2 bridgehead atoms. The van der Waals surface area contributed by atoms with E-state index in [1.165, 1.54) is 0 Å².